The number of rotatable bonds is 5. The van der Waals surface area contributed by atoms with Crippen molar-refractivity contribution in [3.05, 3.63) is 41.3 Å². The third-order valence-electron chi connectivity index (χ3n) is 3.24. The lowest BCUT2D eigenvalue weighted by molar-refractivity contribution is -0.141. The Labute approximate surface area is 148 Å². The molecule has 0 radical (unpaired) electrons. The molecule has 2 rings (SSSR count). The molecule has 0 aliphatic carbocycles. The van der Waals surface area contributed by atoms with Gasteiger partial charge in [0.2, 0.25) is 5.95 Å². The molecule has 1 aromatic carbocycles. The van der Waals surface area contributed by atoms with Crippen LogP contribution in [0.15, 0.2) is 24.3 Å². The van der Waals surface area contributed by atoms with Gasteiger partial charge in [0.15, 0.2) is 5.69 Å². The Hall–Kier alpha value is -2.63. The number of halogens is 7. The van der Waals surface area contributed by atoms with Crippen LogP contribution in [0, 0.1) is 5.82 Å². The number of benzene rings is 1. The predicted octanol–water partition coefficient (Wildman–Crippen LogP) is 4.19. The van der Waals surface area contributed by atoms with Gasteiger partial charge in [0.25, 0.3) is 0 Å². The highest BCUT2D eigenvalue weighted by molar-refractivity contribution is 5.63. The van der Waals surface area contributed by atoms with E-state index in [9.17, 15) is 30.7 Å². The van der Waals surface area contributed by atoms with Crippen molar-refractivity contribution in [2.45, 2.75) is 25.3 Å². The Morgan fingerprint density at radius 3 is 2.30 bits per heavy atom. The maximum Gasteiger partial charge on any atom is 0.433 e. The number of nitrogens with zero attached hydrogens (tertiary/aromatic N) is 2. The van der Waals surface area contributed by atoms with Crippen LogP contribution in [0.4, 0.5) is 48.2 Å². The molecule has 148 valence electrons. The van der Waals surface area contributed by atoms with E-state index < -0.39 is 59.5 Å². The van der Waals surface area contributed by atoms with Crippen molar-refractivity contribution < 1.29 is 35.8 Å². The molecule has 2 aromatic rings. The van der Waals surface area contributed by atoms with Gasteiger partial charge in [0.05, 0.1) is 17.9 Å². The van der Waals surface area contributed by atoms with E-state index in [2.05, 4.69) is 15.3 Å². The number of aromatic nitrogens is 2. The maximum atomic E-state index is 13.9. The lowest BCUT2D eigenvalue weighted by atomic mass is 10.1. The molecule has 12 heteroatoms. The summed E-state index contributed by atoms with van der Waals surface area (Å²) in [4.78, 5) is 6.83. The molecule has 5 nitrogen and oxygen atoms in total. The van der Waals surface area contributed by atoms with Crippen LogP contribution < -0.4 is 10.6 Å². The summed E-state index contributed by atoms with van der Waals surface area (Å²) in [5.74, 6) is -2.63. The number of para-hydroxylation sites is 1. The number of anilines is 3. The van der Waals surface area contributed by atoms with Crippen LogP contribution in [-0.2, 0) is 12.4 Å². The van der Waals surface area contributed by atoms with E-state index in [0.717, 1.165) is 12.1 Å². The number of aliphatic hydroxyl groups excluding tert-OH is 1. The van der Waals surface area contributed by atoms with Crippen LogP contribution in [0.25, 0.3) is 0 Å². The van der Waals surface area contributed by atoms with Gasteiger partial charge in [0.1, 0.15) is 11.6 Å². The summed E-state index contributed by atoms with van der Waals surface area (Å²) < 4.78 is 92.0. The minimum Gasteiger partial charge on any atom is -0.394 e. The van der Waals surface area contributed by atoms with Gasteiger partial charge >= 0.3 is 12.4 Å². The Kier molecular flexibility index (Phi) is 5.78. The molecule has 27 heavy (non-hydrogen) atoms. The fourth-order valence-corrected chi connectivity index (χ4v) is 2.00. The van der Waals surface area contributed by atoms with Crippen molar-refractivity contribution in [1.82, 2.24) is 9.97 Å². The minimum absolute atomic E-state index is 0.349. The molecule has 0 fully saturated rings. The van der Waals surface area contributed by atoms with Crippen molar-refractivity contribution in [3.63, 3.8) is 0 Å². The second kappa shape index (κ2) is 7.55. The summed E-state index contributed by atoms with van der Waals surface area (Å²) in [6.07, 6.45) is -9.88. The van der Waals surface area contributed by atoms with Crippen molar-refractivity contribution in [2.24, 2.45) is 0 Å². The largest absolute Gasteiger partial charge is 0.433 e. The molecule has 0 unspecified atom stereocenters. The van der Waals surface area contributed by atoms with Gasteiger partial charge in [-0.15, -0.1) is 0 Å². The molecule has 3 N–H and O–H groups in total. The van der Waals surface area contributed by atoms with Crippen molar-refractivity contribution in [1.29, 1.82) is 0 Å². The topological polar surface area (TPSA) is 70.1 Å². The monoisotopic (exact) mass is 398 g/mol. The number of alkyl halides is 6. The molecule has 0 saturated carbocycles. The van der Waals surface area contributed by atoms with E-state index in [4.69, 9.17) is 5.11 Å². The predicted molar refractivity (Wildman–Crippen MR) is 81.9 cm³/mol. The van der Waals surface area contributed by atoms with E-state index in [1.807, 2.05) is 5.32 Å². The Morgan fingerprint density at radius 1 is 1.07 bits per heavy atom. The second-order valence-electron chi connectivity index (χ2n) is 5.47. The molecular formula is C15H13F7N4O. The number of aliphatic hydroxyl groups is 1. The van der Waals surface area contributed by atoms with E-state index >= 15 is 0 Å². The number of hydrogen-bond acceptors (Lipinski definition) is 5. The SMILES string of the molecule is C[C@H](CO)Nc1nc(Nc2c(F)cccc2C(F)(F)F)cc(C(F)(F)F)n1. The number of nitrogens with one attached hydrogen (secondary N) is 2. The third-order valence-corrected chi connectivity index (χ3v) is 3.24. The molecule has 0 amide bonds. The fraction of sp³-hybridized carbons (Fsp3) is 0.333. The summed E-state index contributed by atoms with van der Waals surface area (Å²) in [7, 11) is 0. The summed E-state index contributed by atoms with van der Waals surface area (Å²) in [6.45, 7) is 0.948. The lowest BCUT2D eigenvalue weighted by Crippen LogP contribution is -2.22. The highest BCUT2D eigenvalue weighted by atomic mass is 19.4. The van der Waals surface area contributed by atoms with E-state index in [1.165, 1.54) is 6.92 Å². The van der Waals surface area contributed by atoms with Crippen LogP contribution in [0.5, 0.6) is 0 Å². The molecule has 1 aromatic heterocycles. The summed E-state index contributed by atoms with van der Waals surface area (Å²) in [5, 5.41) is 13.3. The van der Waals surface area contributed by atoms with Crippen LogP contribution in [0.1, 0.15) is 18.2 Å². The molecule has 0 aliphatic rings. The smallest absolute Gasteiger partial charge is 0.394 e. The second-order valence-corrected chi connectivity index (χ2v) is 5.47. The van der Waals surface area contributed by atoms with Gasteiger partial charge in [-0.3, -0.25) is 0 Å². The molecular weight excluding hydrogens is 385 g/mol. The van der Waals surface area contributed by atoms with Gasteiger partial charge in [-0.2, -0.15) is 31.3 Å². The Morgan fingerprint density at radius 2 is 1.74 bits per heavy atom. The molecule has 0 spiro atoms. The van der Waals surface area contributed by atoms with Crippen LogP contribution in [0.3, 0.4) is 0 Å². The average Bonchev–Trinajstić information content (AvgIpc) is 2.54. The quantitative estimate of drug-likeness (QED) is 0.659. The number of hydrogen-bond donors (Lipinski definition) is 3. The van der Waals surface area contributed by atoms with Crippen LogP contribution in [-0.4, -0.2) is 27.7 Å². The third kappa shape index (κ3) is 5.18. The first kappa shape index (κ1) is 20.7. The highest BCUT2D eigenvalue weighted by Crippen LogP contribution is 2.38. The first-order valence-corrected chi connectivity index (χ1v) is 7.38. The van der Waals surface area contributed by atoms with Crippen molar-refractivity contribution >= 4 is 17.5 Å². The van der Waals surface area contributed by atoms with Gasteiger partial charge in [0, 0.05) is 12.1 Å². The normalized spacial score (nSPS) is 13.4. The zero-order valence-electron chi connectivity index (χ0n) is 13.6. The van der Waals surface area contributed by atoms with Crippen LogP contribution in [0.2, 0.25) is 0 Å². The van der Waals surface area contributed by atoms with E-state index in [-0.39, 0.29) is 0 Å². The Bertz CT molecular complexity index is 808. The average molecular weight is 398 g/mol. The van der Waals surface area contributed by atoms with Crippen molar-refractivity contribution in [3.8, 4) is 0 Å². The first-order chi connectivity index (χ1) is 12.4. The fourth-order valence-electron chi connectivity index (χ4n) is 2.00. The zero-order valence-corrected chi connectivity index (χ0v) is 13.6. The van der Waals surface area contributed by atoms with Gasteiger partial charge in [-0.1, -0.05) is 6.07 Å². The minimum atomic E-state index is -4.95. The highest BCUT2D eigenvalue weighted by Gasteiger charge is 2.36. The van der Waals surface area contributed by atoms with Gasteiger partial charge in [-0.05, 0) is 19.1 Å². The zero-order chi connectivity index (χ0) is 20.4. The first-order valence-electron chi connectivity index (χ1n) is 7.38. The summed E-state index contributed by atoms with van der Waals surface area (Å²) in [5.41, 5.74) is -3.94. The van der Waals surface area contributed by atoms with Gasteiger partial charge < -0.3 is 15.7 Å². The van der Waals surface area contributed by atoms with Gasteiger partial charge in [-0.25, -0.2) is 9.37 Å². The molecule has 1 atom stereocenters. The maximum absolute atomic E-state index is 13.9. The molecule has 0 aliphatic heterocycles. The van der Waals surface area contributed by atoms with Crippen LogP contribution >= 0.6 is 0 Å². The molecule has 0 bridgehead atoms. The molecule has 1 heterocycles. The summed E-state index contributed by atoms with van der Waals surface area (Å²) >= 11 is 0. The standard InChI is InChI=1S/C15H13F7N4O/c1-7(6-27)23-13-24-10(15(20,21)22)5-11(26-13)25-12-8(14(17,18)19)3-2-4-9(12)16/h2-5,7,27H,6H2,1H3,(H2,23,24,25,26)/t7-/m1/s1. The van der Waals surface area contributed by atoms with E-state index in [1.54, 1.807) is 0 Å². The van der Waals surface area contributed by atoms with Crippen molar-refractivity contribution in [2.75, 3.05) is 17.2 Å². The lowest BCUT2D eigenvalue weighted by Gasteiger charge is -2.17. The summed E-state index contributed by atoms with van der Waals surface area (Å²) in [6, 6.07) is 1.73. The molecule has 0 saturated heterocycles. The van der Waals surface area contributed by atoms with E-state index in [0.29, 0.717) is 12.1 Å². The Balaban J connectivity index is 2.52.